The smallest absolute Gasteiger partial charge is 0.271 e. The van der Waals surface area contributed by atoms with Crippen molar-refractivity contribution in [1.82, 2.24) is 24.6 Å². The molecule has 0 spiro atoms. The highest BCUT2D eigenvalue weighted by molar-refractivity contribution is 5.91. The van der Waals surface area contributed by atoms with Gasteiger partial charge in [0.15, 0.2) is 0 Å². The number of carbonyl (C=O) groups is 1. The average Bonchev–Trinajstić information content (AvgIpc) is 2.89. The second-order valence-corrected chi connectivity index (χ2v) is 5.59. The predicted octanol–water partition coefficient (Wildman–Crippen LogP) is 1.26. The number of para-hydroxylation sites is 2. The molecule has 1 N–H and O–H groups in total. The first-order valence-electron chi connectivity index (χ1n) is 7.80. The SMILES string of the molecule is Cc1nc2ccccc2n1CCCNC(=O)c1ccc(=O)n(C)n1. The Morgan fingerprint density at radius 1 is 1.21 bits per heavy atom. The maximum atomic E-state index is 12.0. The van der Waals surface area contributed by atoms with Crippen molar-refractivity contribution in [2.45, 2.75) is 19.9 Å². The molecule has 0 fully saturated rings. The molecule has 1 aromatic carbocycles. The molecule has 0 saturated heterocycles. The van der Waals surface area contributed by atoms with Gasteiger partial charge in [0, 0.05) is 26.2 Å². The molecule has 2 aromatic heterocycles. The summed E-state index contributed by atoms with van der Waals surface area (Å²) in [7, 11) is 1.52. The number of nitrogens with zero attached hydrogens (tertiary/aromatic N) is 4. The van der Waals surface area contributed by atoms with E-state index in [-0.39, 0.29) is 17.2 Å². The van der Waals surface area contributed by atoms with E-state index in [9.17, 15) is 9.59 Å². The number of hydrogen-bond donors (Lipinski definition) is 1. The summed E-state index contributed by atoms with van der Waals surface area (Å²) in [6, 6.07) is 10.8. The van der Waals surface area contributed by atoms with E-state index in [1.165, 1.54) is 19.2 Å². The van der Waals surface area contributed by atoms with Crippen LogP contribution in [0.4, 0.5) is 0 Å². The highest BCUT2D eigenvalue weighted by atomic mass is 16.2. The molecule has 24 heavy (non-hydrogen) atoms. The largest absolute Gasteiger partial charge is 0.351 e. The summed E-state index contributed by atoms with van der Waals surface area (Å²) in [4.78, 5) is 27.9. The Balaban J connectivity index is 1.58. The lowest BCUT2D eigenvalue weighted by atomic mass is 10.3. The van der Waals surface area contributed by atoms with Crippen molar-refractivity contribution >= 4 is 16.9 Å². The number of aryl methyl sites for hydroxylation is 3. The Morgan fingerprint density at radius 3 is 2.79 bits per heavy atom. The second-order valence-electron chi connectivity index (χ2n) is 5.59. The van der Waals surface area contributed by atoms with Gasteiger partial charge in [-0.1, -0.05) is 12.1 Å². The quantitative estimate of drug-likeness (QED) is 0.716. The summed E-state index contributed by atoms with van der Waals surface area (Å²) in [5.74, 6) is 0.681. The van der Waals surface area contributed by atoms with E-state index in [0.29, 0.717) is 6.54 Å². The van der Waals surface area contributed by atoms with E-state index in [4.69, 9.17) is 0 Å². The number of amides is 1. The van der Waals surface area contributed by atoms with Crippen LogP contribution in [0.25, 0.3) is 11.0 Å². The third kappa shape index (κ3) is 3.19. The third-order valence-corrected chi connectivity index (χ3v) is 3.88. The van der Waals surface area contributed by atoms with Crippen LogP contribution in [0.15, 0.2) is 41.2 Å². The zero-order valence-electron chi connectivity index (χ0n) is 13.7. The maximum absolute atomic E-state index is 12.0. The lowest BCUT2D eigenvalue weighted by Gasteiger charge is -2.08. The molecule has 0 aliphatic carbocycles. The normalized spacial score (nSPS) is 10.9. The van der Waals surface area contributed by atoms with Gasteiger partial charge in [0.05, 0.1) is 11.0 Å². The number of aromatic nitrogens is 4. The van der Waals surface area contributed by atoms with Crippen LogP contribution in [-0.2, 0) is 13.6 Å². The molecule has 0 radical (unpaired) electrons. The fraction of sp³-hybridized carbons (Fsp3) is 0.294. The number of benzene rings is 1. The predicted molar refractivity (Wildman–Crippen MR) is 90.9 cm³/mol. The van der Waals surface area contributed by atoms with Gasteiger partial charge in [0.1, 0.15) is 11.5 Å². The highest BCUT2D eigenvalue weighted by Crippen LogP contribution is 2.15. The fourth-order valence-corrected chi connectivity index (χ4v) is 2.63. The molecule has 0 atom stereocenters. The molecule has 124 valence electrons. The standard InChI is InChI=1S/C17H19N5O2/c1-12-19-13-6-3-4-7-15(13)22(12)11-5-10-18-17(24)14-8-9-16(23)21(2)20-14/h3-4,6-9H,5,10-11H2,1-2H3,(H,18,24). The number of carbonyl (C=O) groups excluding carboxylic acids is 1. The summed E-state index contributed by atoms with van der Waals surface area (Å²) < 4.78 is 3.29. The van der Waals surface area contributed by atoms with Crippen LogP contribution in [0.3, 0.4) is 0 Å². The van der Waals surface area contributed by atoms with E-state index in [1.807, 2.05) is 31.2 Å². The van der Waals surface area contributed by atoms with Crippen molar-refractivity contribution in [2.75, 3.05) is 6.54 Å². The Hall–Kier alpha value is -2.96. The lowest BCUT2D eigenvalue weighted by molar-refractivity contribution is 0.0945. The van der Waals surface area contributed by atoms with E-state index >= 15 is 0 Å². The van der Waals surface area contributed by atoms with E-state index in [1.54, 1.807) is 0 Å². The summed E-state index contributed by atoms with van der Waals surface area (Å²) in [5.41, 5.74) is 2.07. The van der Waals surface area contributed by atoms with Gasteiger partial charge < -0.3 is 9.88 Å². The van der Waals surface area contributed by atoms with Crippen molar-refractivity contribution in [2.24, 2.45) is 7.05 Å². The number of fused-ring (bicyclic) bond motifs is 1. The molecule has 3 rings (SSSR count). The first-order chi connectivity index (χ1) is 11.6. The topological polar surface area (TPSA) is 81.8 Å². The van der Waals surface area contributed by atoms with Crippen molar-refractivity contribution in [3.8, 4) is 0 Å². The van der Waals surface area contributed by atoms with Gasteiger partial charge in [-0.3, -0.25) is 9.59 Å². The molecule has 0 saturated carbocycles. The van der Waals surface area contributed by atoms with Crippen molar-refractivity contribution in [3.05, 3.63) is 58.3 Å². The minimum Gasteiger partial charge on any atom is -0.351 e. The van der Waals surface area contributed by atoms with Gasteiger partial charge in [0.2, 0.25) is 0 Å². The van der Waals surface area contributed by atoms with E-state index in [2.05, 4.69) is 20.0 Å². The summed E-state index contributed by atoms with van der Waals surface area (Å²) >= 11 is 0. The van der Waals surface area contributed by atoms with E-state index in [0.717, 1.165) is 34.5 Å². The molecule has 7 nitrogen and oxygen atoms in total. The molecular weight excluding hydrogens is 306 g/mol. The molecule has 3 aromatic rings. The molecule has 0 unspecified atom stereocenters. The molecule has 0 bridgehead atoms. The van der Waals surface area contributed by atoms with Crippen molar-refractivity contribution < 1.29 is 4.79 Å². The number of hydrogen-bond acceptors (Lipinski definition) is 4. The van der Waals surface area contributed by atoms with Crippen molar-refractivity contribution in [3.63, 3.8) is 0 Å². The summed E-state index contributed by atoms with van der Waals surface area (Å²) in [6.07, 6.45) is 0.776. The summed E-state index contributed by atoms with van der Waals surface area (Å²) in [6.45, 7) is 3.27. The summed E-state index contributed by atoms with van der Waals surface area (Å²) in [5, 5.41) is 6.76. The molecule has 2 heterocycles. The van der Waals surface area contributed by atoms with Crippen LogP contribution in [0.2, 0.25) is 0 Å². The minimum atomic E-state index is -0.280. The van der Waals surface area contributed by atoms with Crippen LogP contribution in [0, 0.1) is 6.92 Å². The molecular formula is C17H19N5O2. The maximum Gasteiger partial charge on any atom is 0.271 e. The van der Waals surface area contributed by atoms with E-state index < -0.39 is 0 Å². The molecule has 1 amide bonds. The Kier molecular flexibility index (Phi) is 4.41. The van der Waals surface area contributed by atoms with Crippen LogP contribution in [0.5, 0.6) is 0 Å². The minimum absolute atomic E-state index is 0.237. The average molecular weight is 325 g/mol. The monoisotopic (exact) mass is 325 g/mol. The number of imidazole rings is 1. The Bertz CT molecular complexity index is 942. The zero-order valence-corrected chi connectivity index (χ0v) is 13.7. The lowest BCUT2D eigenvalue weighted by Crippen LogP contribution is -2.29. The first kappa shape index (κ1) is 15.9. The third-order valence-electron chi connectivity index (χ3n) is 3.88. The van der Waals surface area contributed by atoms with Crippen LogP contribution >= 0.6 is 0 Å². The molecule has 7 heteroatoms. The zero-order chi connectivity index (χ0) is 17.1. The highest BCUT2D eigenvalue weighted by Gasteiger charge is 2.09. The van der Waals surface area contributed by atoms with Crippen LogP contribution < -0.4 is 10.9 Å². The molecule has 0 aliphatic rings. The first-order valence-corrected chi connectivity index (χ1v) is 7.80. The van der Waals surface area contributed by atoms with Crippen LogP contribution in [0.1, 0.15) is 22.7 Å². The second kappa shape index (κ2) is 6.66. The fourth-order valence-electron chi connectivity index (χ4n) is 2.63. The van der Waals surface area contributed by atoms with Crippen LogP contribution in [-0.4, -0.2) is 31.8 Å². The van der Waals surface area contributed by atoms with Gasteiger partial charge in [-0.15, -0.1) is 0 Å². The Morgan fingerprint density at radius 2 is 2.00 bits per heavy atom. The van der Waals surface area contributed by atoms with Gasteiger partial charge in [0.25, 0.3) is 11.5 Å². The molecule has 0 aliphatic heterocycles. The van der Waals surface area contributed by atoms with Gasteiger partial charge in [-0.2, -0.15) is 5.10 Å². The number of nitrogens with one attached hydrogen (secondary N) is 1. The van der Waals surface area contributed by atoms with Gasteiger partial charge in [-0.05, 0) is 31.5 Å². The Labute approximate surface area is 138 Å². The van der Waals surface area contributed by atoms with Gasteiger partial charge >= 0.3 is 0 Å². The number of rotatable bonds is 5. The van der Waals surface area contributed by atoms with Gasteiger partial charge in [-0.25, -0.2) is 9.67 Å². The van der Waals surface area contributed by atoms with Crippen molar-refractivity contribution in [1.29, 1.82) is 0 Å².